The summed E-state index contributed by atoms with van der Waals surface area (Å²) in [7, 11) is 0. The number of benzene rings is 1. The number of hydrogen-bond donors (Lipinski definition) is 1. The molecule has 2 aliphatic rings. The Morgan fingerprint density at radius 3 is 2.64 bits per heavy atom. The number of aromatic nitrogens is 2. The second-order valence-corrected chi connectivity index (χ2v) is 10.2. The van der Waals surface area contributed by atoms with Crippen molar-refractivity contribution in [2.45, 2.75) is 46.2 Å². The summed E-state index contributed by atoms with van der Waals surface area (Å²) in [5, 5.41) is 10.5. The van der Waals surface area contributed by atoms with Crippen LogP contribution in [-0.2, 0) is 11.3 Å². The molecule has 174 valence electrons. The monoisotopic (exact) mass is 450 g/mol. The fourth-order valence-corrected chi connectivity index (χ4v) is 5.04. The molecule has 1 fully saturated rings. The van der Waals surface area contributed by atoms with Gasteiger partial charge in [-0.15, -0.1) is 0 Å². The summed E-state index contributed by atoms with van der Waals surface area (Å²) in [6.07, 6.45) is 3.54. The first-order chi connectivity index (χ1) is 15.7. The third kappa shape index (κ3) is 3.84. The van der Waals surface area contributed by atoms with Gasteiger partial charge in [0.25, 0.3) is 0 Å². The molecular formula is C26H30N2O5. The van der Waals surface area contributed by atoms with Crippen LogP contribution in [0.2, 0.25) is 0 Å². The molecular weight excluding hydrogens is 420 g/mol. The minimum atomic E-state index is -1.20. The maximum Gasteiger partial charge on any atom is 0.341 e. The molecule has 1 aromatic carbocycles. The Kier molecular flexibility index (Phi) is 5.32. The van der Waals surface area contributed by atoms with Crippen LogP contribution in [-0.4, -0.2) is 40.0 Å². The van der Waals surface area contributed by atoms with E-state index in [2.05, 4.69) is 37.5 Å². The lowest BCUT2D eigenvalue weighted by Gasteiger charge is -2.39. The number of carbonyl (C=O) groups is 1. The highest BCUT2D eigenvalue weighted by Gasteiger charge is 2.34. The quantitative estimate of drug-likeness (QED) is 0.629. The average molecular weight is 451 g/mol. The molecule has 1 N–H and O–H groups in total. The summed E-state index contributed by atoms with van der Waals surface area (Å²) in [6.45, 7) is 9.33. The van der Waals surface area contributed by atoms with Gasteiger partial charge in [-0.05, 0) is 42.4 Å². The zero-order valence-electron chi connectivity index (χ0n) is 19.3. The highest BCUT2D eigenvalue weighted by atomic mass is 16.5. The van der Waals surface area contributed by atoms with Gasteiger partial charge in [-0.3, -0.25) is 4.79 Å². The zero-order chi connectivity index (χ0) is 23.3. The van der Waals surface area contributed by atoms with E-state index in [0.717, 1.165) is 54.1 Å². The van der Waals surface area contributed by atoms with E-state index in [1.807, 2.05) is 16.7 Å². The lowest BCUT2D eigenvalue weighted by Crippen LogP contribution is -2.35. The van der Waals surface area contributed by atoms with Crippen molar-refractivity contribution in [2.75, 3.05) is 19.8 Å². The van der Waals surface area contributed by atoms with Crippen molar-refractivity contribution in [1.82, 2.24) is 9.13 Å². The summed E-state index contributed by atoms with van der Waals surface area (Å²) in [5.74, 6) is 0.132. The molecule has 0 bridgehead atoms. The number of ether oxygens (including phenoxy) is 2. The fourth-order valence-electron chi connectivity index (χ4n) is 5.04. The van der Waals surface area contributed by atoms with Crippen molar-refractivity contribution in [3.8, 4) is 17.1 Å². The molecule has 1 atom stereocenters. The summed E-state index contributed by atoms with van der Waals surface area (Å²) in [4.78, 5) is 24.3. The van der Waals surface area contributed by atoms with Gasteiger partial charge in [0.05, 0.1) is 29.6 Å². The molecule has 0 saturated carbocycles. The summed E-state index contributed by atoms with van der Waals surface area (Å²) < 4.78 is 15.9. The number of hydrogen-bond acceptors (Lipinski definition) is 4. The van der Waals surface area contributed by atoms with Crippen LogP contribution in [0.25, 0.3) is 22.3 Å². The molecule has 4 heterocycles. The number of aromatic carboxylic acids is 1. The first-order valence-electron chi connectivity index (χ1n) is 11.6. The van der Waals surface area contributed by atoms with Crippen molar-refractivity contribution in [2.24, 2.45) is 11.3 Å². The van der Waals surface area contributed by atoms with E-state index in [0.29, 0.717) is 19.1 Å². The summed E-state index contributed by atoms with van der Waals surface area (Å²) in [6, 6.07) is 9.61. The van der Waals surface area contributed by atoms with Gasteiger partial charge in [-0.2, -0.15) is 0 Å². The van der Waals surface area contributed by atoms with Crippen LogP contribution in [0.3, 0.4) is 0 Å². The summed E-state index contributed by atoms with van der Waals surface area (Å²) in [5.41, 5.74) is 1.88. The van der Waals surface area contributed by atoms with Gasteiger partial charge in [0, 0.05) is 37.4 Å². The van der Waals surface area contributed by atoms with Crippen LogP contribution in [0.4, 0.5) is 0 Å². The van der Waals surface area contributed by atoms with Crippen molar-refractivity contribution < 1.29 is 19.4 Å². The van der Waals surface area contributed by atoms with E-state index in [1.165, 1.54) is 12.3 Å². The number of carboxylic acids is 1. The molecule has 3 aromatic rings. The van der Waals surface area contributed by atoms with E-state index in [9.17, 15) is 14.7 Å². The topological polar surface area (TPSA) is 82.7 Å². The highest BCUT2D eigenvalue weighted by Crippen LogP contribution is 2.43. The Balaban J connectivity index is 1.62. The molecule has 1 unspecified atom stereocenters. The highest BCUT2D eigenvalue weighted by molar-refractivity contribution is 5.92. The molecule has 33 heavy (non-hydrogen) atoms. The van der Waals surface area contributed by atoms with Crippen molar-refractivity contribution in [3.63, 3.8) is 0 Å². The smallest absolute Gasteiger partial charge is 0.341 e. The number of pyridine rings is 1. The third-order valence-electron chi connectivity index (χ3n) is 6.98. The maximum atomic E-state index is 12.6. The standard InChI is InChI=1S/C26H30N2O5/c1-26(2,3)24-14-27-19-5-4-6-23(33-15-16-7-9-32-10-8-16)17(19)11-20(27)21-12-22(29)18(25(30)31)13-28(21)24/h4-6,11-13,16,24H,7-10,14-15H2,1-3H3,(H,30,31). The van der Waals surface area contributed by atoms with E-state index in [-0.39, 0.29) is 17.0 Å². The Hall–Kier alpha value is -3.06. The average Bonchev–Trinajstić information content (AvgIpc) is 3.16. The Morgan fingerprint density at radius 2 is 1.94 bits per heavy atom. The largest absolute Gasteiger partial charge is 0.493 e. The van der Waals surface area contributed by atoms with Crippen molar-refractivity contribution in [1.29, 1.82) is 0 Å². The predicted octanol–water partition coefficient (Wildman–Crippen LogP) is 4.57. The lowest BCUT2D eigenvalue weighted by molar-refractivity contribution is 0.0500. The van der Waals surface area contributed by atoms with Crippen LogP contribution < -0.4 is 10.2 Å². The molecule has 2 aromatic heterocycles. The Labute approximate surface area is 192 Å². The molecule has 1 saturated heterocycles. The van der Waals surface area contributed by atoms with Crippen LogP contribution in [0.5, 0.6) is 5.75 Å². The lowest BCUT2D eigenvalue weighted by atomic mass is 9.85. The zero-order valence-corrected chi connectivity index (χ0v) is 19.3. The number of carboxylic acid groups (broad SMARTS) is 1. The Bertz CT molecular complexity index is 1270. The second kappa shape index (κ2) is 8.06. The van der Waals surface area contributed by atoms with Crippen LogP contribution in [0.15, 0.2) is 41.3 Å². The first kappa shape index (κ1) is 21.8. The van der Waals surface area contributed by atoms with Crippen LogP contribution in [0.1, 0.15) is 50.0 Å². The second-order valence-electron chi connectivity index (χ2n) is 10.2. The van der Waals surface area contributed by atoms with Gasteiger partial charge in [0.1, 0.15) is 11.3 Å². The molecule has 7 nitrogen and oxygen atoms in total. The molecule has 0 amide bonds. The minimum Gasteiger partial charge on any atom is -0.493 e. The first-order valence-corrected chi connectivity index (χ1v) is 11.6. The van der Waals surface area contributed by atoms with Gasteiger partial charge in [0.15, 0.2) is 5.43 Å². The Morgan fingerprint density at radius 1 is 1.18 bits per heavy atom. The van der Waals surface area contributed by atoms with E-state index < -0.39 is 11.4 Å². The van der Waals surface area contributed by atoms with Crippen molar-refractivity contribution in [3.05, 3.63) is 52.3 Å². The van der Waals surface area contributed by atoms with E-state index >= 15 is 0 Å². The van der Waals surface area contributed by atoms with Gasteiger partial charge < -0.3 is 23.7 Å². The molecule has 0 radical (unpaired) electrons. The van der Waals surface area contributed by atoms with E-state index in [1.54, 1.807) is 0 Å². The van der Waals surface area contributed by atoms with Gasteiger partial charge >= 0.3 is 5.97 Å². The maximum absolute atomic E-state index is 12.6. The minimum absolute atomic E-state index is 0.0129. The molecule has 0 spiro atoms. The summed E-state index contributed by atoms with van der Waals surface area (Å²) >= 11 is 0. The van der Waals surface area contributed by atoms with E-state index in [4.69, 9.17) is 9.47 Å². The SMILES string of the molecule is CC(C)(C)C1Cn2c(cc3c(OCC4CCOCC4)cccc32)-c2cc(=O)c(C(=O)O)cn21. The molecule has 2 aliphatic heterocycles. The number of fused-ring (bicyclic) bond motifs is 5. The molecule has 0 aliphatic carbocycles. The number of rotatable bonds is 4. The normalized spacial score (nSPS) is 18.7. The molecule has 7 heteroatoms. The van der Waals surface area contributed by atoms with Crippen molar-refractivity contribution >= 4 is 16.9 Å². The fraction of sp³-hybridized carbons (Fsp3) is 0.462. The van der Waals surface area contributed by atoms with Gasteiger partial charge in [-0.1, -0.05) is 26.8 Å². The predicted molar refractivity (Wildman–Crippen MR) is 126 cm³/mol. The van der Waals surface area contributed by atoms with Gasteiger partial charge in [0.2, 0.25) is 0 Å². The third-order valence-corrected chi connectivity index (χ3v) is 6.98. The van der Waals surface area contributed by atoms with Crippen LogP contribution in [0, 0.1) is 11.3 Å². The number of nitrogens with zero attached hydrogens (tertiary/aromatic N) is 2. The van der Waals surface area contributed by atoms with Crippen LogP contribution >= 0.6 is 0 Å². The van der Waals surface area contributed by atoms with Gasteiger partial charge in [-0.25, -0.2) is 4.79 Å². The molecule has 5 rings (SSSR count).